The molecule has 0 amide bonds. The van der Waals surface area contributed by atoms with E-state index in [-0.39, 0.29) is 0 Å². The van der Waals surface area contributed by atoms with Gasteiger partial charge in [-0.05, 0) is 11.1 Å². The van der Waals surface area contributed by atoms with Gasteiger partial charge in [0, 0.05) is 0 Å². The third kappa shape index (κ3) is 1.69. The first kappa shape index (κ1) is 7.51. The van der Waals surface area contributed by atoms with Crippen molar-refractivity contribution in [1.82, 2.24) is 0 Å². The maximum atomic E-state index is 4.60. The standard InChI is InChI=1S/C8H4S2/c9-5-7-1-2-8(6-10)4-3-7/h1-4H. The van der Waals surface area contributed by atoms with Gasteiger partial charge in [0.1, 0.15) is 0 Å². The monoisotopic (exact) mass is 164 g/mol. The van der Waals surface area contributed by atoms with Crippen molar-refractivity contribution in [1.29, 1.82) is 0 Å². The Morgan fingerprint density at radius 3 is 1.30 bits per heavy atom. The van der Waals surface area contributed by atoms with E-state index in [1.165, 1.54) is 0 Å². The molecule has 10 heavy (non-hydrogen) atoms. The Morgan fingerprint density at radius 2 is 1.10 bits per heavy atom. The molecule has 0 N–H and O–H groups in total. The van der Waals surface area contributed by atoms with Gasteiger partial charge in [0.2, 0.25) is 0 Å². The third-order valence-electron chi connectivity index (χ3n) is 1.12. The second-order valence-corrected chi connectivity index (χ2v) is 2.19. The first-order valence-electron chi connectivity index (χ1n) is 2.73. The lowest BCUT2D eigenvalue weighted by atomic mass is 10.2. The van der Waals surface area contributed by atoms with Crippen LogP contribution in [0.5, 0.6) is 0 Å². The van der Waals surface area contributed by atoms with Crippen LogP contribution < -0.4 is 0 Å². The number of benzene rings is 1. The number of hydrogen-bond acceptors (Lipinski definition) is 2. The van der Waals surface area contributed by atoms with Crippen molar-refractivity contribution in [3.63, 3.8) is 0 Å². The molecule has 0 aliphatic carbocycles. The van der Waals surface area contributed by atoms with Crippen LogP contribution in [0.3, 0.4) is 0 Å². The maximum absolute atomic E-state index is 4.60. The molecule has 0 bridgehead atoms. The average Bonchev–Trinajstić information content (AvgIpc) is 2.05. The van der Waals surface area contributed by atoms with Crippen LogP contribution in [0.25, 0.3) is 0 Å². The van der Waals surface area contributed by atoms with Crippen molar-refractivity contribution >= 4 is 35.2 Å². The zero-order valence-electron chi connectivity index (χ0n) is 5.13. The molecule has 0 aliphatic rings. The predicted octanol–water partition coefficient (Wildman–Crippen LogP) is 2.14. The van der Waals surface area contributed by atoms with Gasteiger partial charge < -0.3 is 0 Å². The molecule has 0 aromatic heterocycles. The van der Waals surface area contributed by atoms with Gasteiger partial charge in [-0.3, -0.25) is 0 Å². The highest BCUT2D eigenvalue weighted by atomic mass is 32.1. The molecule has 48 valence electrons. The molecular formula is C8H4S2. The van der Waals surface area contributed by atoms with Crippen molar-refractivity contribution in [2.24, 2.45) is 0 Å². The van der Waals surface area contributed by atoms with Crippen molar-refractivity contribution in [2.75, 3.05) is 0 Å². The van der Waals surface area contributed by atoms with E-state index >= 15 is 0 Å². The van der Waals surface area contributed by atoms with E-state index in [0.717, 1.165) is 11.1 Å². The van der Waals surface area contributed by atoms with Crippen LogP contribution in [-0.2, 0) is 0 Å². The smallest absolute Gasteiger partial charge is 0.0636 e. The summed E-state index contributed by atoms with van der Waals surface area (Å²) in [6, 6.07) is 7.45. The van der Waals surface area contributed by atoms with Crippen LogP contribution in [0.2, 0.25) is 0 Å². The fourth-order valence-corrected chi connectivity index (χ4v) is 0.878. The zero-order valence-corrected chi connectivity index (χ0v) is 6.76. The van der Waals surface area contributed by atoms with Crippen molar-refractivity contribution in [3.8, 4) is 0 Å². The summed E-state index contributed by atoms with van der Waals surface area (Å²) in [5.74, 6) is 0. The summed E-state index contributed by atoms with van der Waals surface area (Å²) in [5, 5.41) is 5.20. The molecule has 0 fully saturated rings. The van der Waals surface area contributed by atoms with Crippen molar-refractivity contribution < 1.29 is 0 Å². The first-order chi connectivity index (χ1) is 4.86. The Morgan fingerprint density at radius 1 is 0.800 bits per heavy atom. The summed E-state index contributed by atoms with van der Waals surface area (Å²) in [4.78, 5) is 0. The van der Waals surface area contributed by atoms with Gasteiger partial charge in [-0.25, -0.2) is 0 Å². The lowest BCUT2D eigenvalue weighted by Gasteiger charge is -1.90. The SMILES string of the molecule is S=[C]c1ccc([C]=S)cc1. The summed E-state index contributed by atoms with van der Waals surface area (Å²) in [6.45, 7) is 0. The van der Waals surface area contributed by atoms with Gasteiger partial charge in [-0.2, -0.15) is 0 Å². The molecule has 0 aliphatic heterocycles. The van der Waals surface area contributed by atoms with Crippen molar-refractivity contribution in [3.05, 3.63) is 35.4 Å². The molecule has 0 unspecified atom stereocenters. The number of thiocarbonyl (C=S) groups is 2. The minimum Gasteiger partial charge on any atom is -0.0778 e. The Kier molecular flexibility index (Phi) is 2.66. The number of rotatable bonds is 2. The Labute approximate surface area is 70.9 Å². The molecule has 2 radical (unpaired) electrons. The quantitative estimate of drug-likeness (QED) is 0.614. The minimum atomic E-state index is 0.906. The van der Waals surface area contributed by atoms with Crippen LogP contribution in [-0.4, -0.2) is 10.7 Å². The zero-order chi connectivity index (χ0) is 7.40. The van der Waals surface area contributed by atoms with Crippen molar-refractivity contribution in [2.45, 2.75) is 0 Å². The fraction of sp³-hybridized carbons (Fsp3) is 0. The highest BCUT2D eigenvalue weighted by molar-refractivity contribution is 7.79. The van der Waals surface area contributed by atoms with Gasteiger partial charge >= 0.3 is 0 Å². The molecule has 0 nitrogen and oxygen atoms in total. The summed E-state index contributed by atoms with van der Waals surface area (Å²) in [7, 11) is 0. The molecule has 0 saturated heterocycles. The fourth-order valence-electron chi connectivity index (χ4n) is 0.606. The van der Waals surface area contributed by atoms with Crippen LogP contribution in [0.1, 0.15) is 11.1 Å². The third-order valence-corrected chi connectivity index (χ3v) is 1.59. The molecule has 0 spiro atoms. The molecule has 2 heteroatoms. The van der Waals surface area contributed by atoms with E-state index in [0.29, 0.717) is 0 Å². The average molecular weight is 164 g/mol. The maximum Gasteiger partial charge on any atom is 0.0636 e. The van der Waals surface area contributed by atoms with E-state index in [9.17, 15) is 0 Å². The van der Waals surface area contributed by atoms with E-state index < -0.39 is 0 Å². The Balaban J connectivity index is 3.00. The molecule has 1 rings (SSSR count). The van der Waals surface area contributed by atoms with Crippen LogP contribution >= 0.6 is 24.4 Å². The van der Waals surface area contributed by atoms with Gasteiger partial charge in [0.25, 0.3) is 0 Å². The normalized spacial score (nSPS) is 8.80. The first-order valence-corrected chi connectivity index (χ1v) is 3.55. The summed E-state index contributed by atoms with van der Waals surface area (Å²) < 4.78 is 0. The molecule has 1 aromatic rings. The molecule has 0 heterocycles. The Bertz CT molecular complexity index is 209. The highest BCUT2D eigenvalue weighted by Gasteiger charge is 1.87. The van der Waals surface area contributed by atoms with Crippen LogP contribution in [0.15, 0.2) is 24.3 Å². The Hall–Kier alpha value is -0.600. The van der Waals surface area contributed by atoms with E-state index in [1.807, 2.05) is 24.3 Å². The highest BCUT2D eigenvalue weighted by Crippen LogP contribution is 1.99. The van der Waals surface area contributed by atoms with Crippen LogP contribution in [0.4, 0.5) is 0 Å². The van der Waals surface area contributed by atoms with Gasteiger partial charge in [-0.1, -0.05) is 48.7 Å². The molecule has 0 atom stereocenters. The lowest BCUT2D eigenvalue weighted by molar-refractivity contribution is 1.67. The molecular weight excluding hydrogens is 160 g/mol. The molecule has 1 aromatic carbocycles. The predicted molar refractivity (Wildman–Crippen MR) is 49.8 cm³/mol. The summed E-state index contributed by atoms with van der Waals surface area (Å²) >= 11 is 9.20. The van der Waals surface area contributed by atoms with Gasteiger partial charge in [0.05, 0.1) is 10.7 Å². The lowest BCUT2D eigenvalue weighted by Crippen LogP contribution is -1.80. The van der Waals surface area contributed by atoms with E-state index in [2.05, 4.69) is 35.2 Å². The van der Waals surface area contributed by atoms with Gasteiger partial charge in [-0.15, -0.1) is 0 Å². The second-order valence-electron chi connectivity index (χ2n) is 1.78. The van der Waals surface area contributed by atoms with Crippen LogP contribution in [0, 0.1) is 0 Å². The number of hydrogen-bond donors (Lipinski definition) is 0. The van der Waals surface area contributed by atoms with E-state index in [4.69, 9.17) is 0 Å². The van der Waals surface area contributed by atoms with Gasteiger partial charge in [0.15, 0.2) is 0 Å². The minimum absolute atomic E-state index is 0.906. The topological polar surface area (TPSA) is 0 Å². The van der Waals surface area contributed by atoms with E-state index in [1.54, 1.807) is 0 Å². The summed E-state index contributed by atoms with van der Waals surface area (Å²) in [5.41, 5.74) is 1.81. The second kappa shape index (κ2) is 3.54. The largest absolute Gasteiger partial charge is 0.0778 e. The summed E-state index contributed by atoms with van der Waals surface area (Å²) in [6.07, 6.45) is 0. The molecule has 0 saturated carbocycles.